The number of ketones is 2. The van der Waals surface area contributed by atoms with Crippen molar-refractivity contribution in [3.63, 3.8) is 0 Å². The van der Waals surface area contributed by atoms with E-state index in [9.17, 15) is 9.59 Å². The van der Waals surface area contributed by atoms with Gasteiger partial charge < -0.3 is 9.47 Å². The van der Waals surface area contributed by atoms with Crippen molar-refractivity contribution in [2.75, 3.05) is 13.2 Å². The number of hydrogen-bond donors (Lipinski definition) is 0. The molecule has 0 amide bonds. The molecular formula is C22H26N2O4. The second kappa shape index (κ2) is 8.50. The number of fused-ring (bicyclic) bond motifs is 2. The zero-order chi connectivity index (χ0) is 20.3. The van der Waals surface area contributed by atoms with E-state index in [1.165, 1.54) is 0 Å². The van der Waals surface area contributed by atoms with Gasteiger partial charge in [0.05, 0.1) is 18.8 Å². The van der Waals surface area contributed by atoms with Gasteiger partial charge in [0.25, 0.3) is 0 Å². The number of carbonyl (C=O) groups is 2. The van der Waals surface area contributed by atoms with E-state index >= 15 is 0 Å². The highest BCUT2D eigenvalue weighted by Crippen LogP contribution is 2.27. The summed E-state index contributed by atoms with van der Waals surface area (Å²) in [4.78, 5) is 31.5. The van der Waals surface area contributed by atoms with Crippen molar-refractivity contribution in [2.45, 2.75) is 52.4 Å². The fourth-order valence-corrected chi connectivity index (χ4v) is 2.96. The molecule has 0 spiro atoms. The first-order valence-electron chi connectivity index (χ1n) is 9.69. The molecule has 2 aliphatic rings. The maximum Gasteiger partial charge on any atom is 0.188 e. The third kappa shape index (κ3) is 4.38. The molecule has 2 aromatic heterocycles. The maximum atomic E-state index is 11.5. The third-order valence-corrected chi connectivity index (χ3v) is 4.69. The Balaban J connectivity index is 0.000000161. The molecule has 28 heavy (non-hydrogen) atoms. The number of rotatable bonds is 2. The average Bonchev–Trinajstić information content (AvgIpc) is 2.68. The van der Waals surface area contributed by atoms with Crippen LogP contribution >= 0.6 is 0 Å². The highest BCUT2D eigenvalue weighted by atomic mass is 16.5. The molecule has 0 fully saturated rings. The molecule has 0 unspecified atom stereocenters. The number of nitrogens with zero attached hydrogens (tertiary/aromatic N) is 2. The van der Waals surface area contributed by atoms with Gasteiger partial charge in [-0.05, 0) is 24.0 Å². The van der Waals surface area contributed by atoms with Crippen LogP contribution in [0.1, 0.15) is 84.6 Å². The molecule has 0 aromatic carbocycles. The van der Waals surface area contributed by atoms with Crippen LogP contribution in [0.3, 0.4) is 0 Å². The number of pyridine rings is 2. The summed E-state index contributed by atoms with van der Waals surface area (Å²) in [6, 6.07) is 5.63. The summed E-state index contributed by atoms with van der Waals surface area (Å²) >= 11 is 0. The molecule has 0 atom stereocenters. The van der Waals surface area contributed by atoms with Gasteiger partial charge in [-0.3, -0.25) is 14.6 Å². The summed E-state index contributed by atoms with van der Waals surface area (Å²) in [5, 5.41) is 0. The third-order valence-electron chi connectivity index (χ3n) is 4.69. The van der Waals surface area contributed by atoms with Crippen LogP contribution in [0, 0.1) is 0 Å². The molecule has 0 saturated carbocycles. The summed E-state index contributed by atoms with van der Waals surface area (Å²) in [6.07, 6.45) is 2.55. The van der Waals surface area contributed by atoms with Gasteiger partial charge in [0.15, 0.2) is 11.6 Å². The number of hydrogen-bond acceptors (Lipinski definition) is 6. The molecule has 2 aliphatic heterocycles. The highest BCUT2D eigenvalue weighted by molar-refractivity contribution is 5.99. The van der Waals surface area contributed by atoms with Crippen LogP contribution in [-0.4, -0.2) is 34.7 Å². The van der Waals surface area contributed by atoms with E-state index < -0.39 is 0 Å². The summed E-state index contributed by atoms with van der Waals surface area (Å²) in [5.41, 5.74) is 3.05. The standard InChI is InChI=1S/2C11H13NO2/c1-7(2)9-5-11-8(6-12-9)10(13)3-4-14-11;1-7(2)8-3-4-10-11(12-8)9(13)5-6-14-10/h5-7H,3-4H2,1-2H3;3-4,7H,5-6H2,1-2H3. The fourth-order valence-electron chi connectivity index (χ4n) is 2.96. The Labute approximate surface area is 165 Å². The van der Waals surface area contributed by atoms with Crippen molar-refractivity contribution in [1.82, 2.24) is 9.97 Å². The minimum absolute atomic E-state index is 0.0914. The Morgan fingerprint density at radius 3 is 2.18 bits per heavy atom. The average molecular weight is 382 g/mol. The molecule has 6 heteroatoms. The molecule has 0 radical (unpaired) electrons. The lowest BCUT2D eigenvalue weighted by Crippen LogP contribution is -2.17. The van der Waals surface area contributed by atoms with E-state index in [1.807, 2.05) is 18.2 Å². The normalized spacial score (nSPS) is 15.2. The molecule has 148 valence electrons. The lowest BCUT2D eigenvalue weighted by atomic mass is 10.0. The Morgan fingerprint density at radius 1 is 0.857 bits per heavy atom. The molecule has 2 aromatic rings. The summed E-state index contributed by atoms with van der Waals surface area (Å²) in [7, 11) is 0. The van der Waals surface area contributed by atoms with Gasteiger partial charge in [-0.1, -0.05) is 27.7 Å². The SMILES string of the molecule is CC(C)c1cc2c(cn1)C(=O)CCO2.CC(C)c1ccc2c(n1)C(=O)CCO2. The van der Waals surface area contributed by atoms with Crippen LogP contribution in [0.5, 0.6) is 11.5 Å². The van der Waals surface area contributed by atoms with Gasteiger partial charge in [-0.15, -0.1) is 0 Å². The van der Waals surface area contributed by atoms with Crippen molar-refractivity contribution in [1.29, 1.82) is 0 Å². The van der Waals surface area contributed by atoms with Crippen LogP contribution in [0.25, 0.3) is 0 Å². The van der Waals surface area contributed by atoms with Crippen LogP contribution in [0.2, 0.25) is 0 Å². The van der Waals surface area contributed by atoms with Crippen molar-refractivity contribution >= 4 is 11.6 Å². The first kappa shape index (κ1) is 20.0. The van der Waals surface area contributed by atoms with Gasteiger partial charge in [-0.2, -0.15) is 0 Å². The minimum atomic E-state index is 0.0914. The van der Waals surface area contributed by atoms with E-state index in [0.29, 0.717) is 60.6 Å². The second-order valence-electron chi connectivity index (χ2n) is 7.54. The number of ether oxygens (including phenoxy) is 2. The van der Waals surface area contributed by atoms with Crippen LogP contribution in [0.15, 0.2) is 24.4 Å². The minimum Gasteiger partial charge on any atom is -0.492 e. The molecule has 0 bridgehead atoms. The lowest BCUT2D eigenvalue weighted by Gasteiger charge is -2.17. The predicted molar refractivity (Wildman–Crippen MR) is 106 cm³/mol. The highest BCUT2D eigenvalue weighted by Gasteiger charge is 2.21. The summed E-state index contributed by atoms with van der Waals surface area (Å²) in [5.74, 6) is 2.25. The van der Waals surface area contributed by atoms with Gasteiger partial charge in [-0.25, -0.2) is 4.98 Å². The van der Waals surface area contributed by atoms with Gasteiger partial charge in [0.2, 0.25) is 0 Å². The zero-order valence-corrected chi connectivity index (χ0v) is 16.8. The van der Waals surface area contributed by atoms with E-state index in [4.69, 9.17) is 9.47 Å². The molecular weight excluding hydrogens is 356 g/mol. The lowest BCUT2D eigenvalue weighted by molar-refractivity contribution is 0.0920. The summed E-state index contributed by atoms with van der Waals surface area (Å²) < 4.78 is 10.8. The van der Waals surface area contributed by atoms with Crippen molar-refractivity contribution in [3.8, 4) is 11.5 Å². The zero-order valence-electron chi connectivity index (χ0n) is 16.8. The molecule has 4 heterocycles. The largest absolute Gasteiger partial charge is 0.492 e. The van der Waals surface area contributed by atoms with Crippen LogP contribution < -0.4 is 9.47 Å². The molecule has 0 saturated heterocycles. The number of carbonyl (C=O) groups excluding carboxylic acids is 2. The maximum absolute atomic E-state index is 11.5. The Morgan fingerprint density at radius 2 is 1.50 bits per heavy atom. The van der Waals surface area contributed by atoms with Gasteiger partial charge in [0, 0.05) is 36.5 Å². The van der Waals surface area contributed by atoms with Crippen molar-refractivity contribution in [3.05, 3.63) is 47.0 Å². The van der Waals surface area contributed by atoms with E-state index in [-0.39, 0.29) is 11.6 Å². The van der Waals surface area contributed by atoms with E-state index in [0.717, 1.165) is 11.4 Å². The number of Topliss-reactive ketones (excluding diaryl/α,β-unsaturated/α-hetero) is 2. The van der Waals surface area contributed by atoms with E-state index in [2.05, 4.69) is 37.7 Å². The fraction of sp³-hybridized carbons (Fsp3) is 0.455. The van der Waals surface area contributed by atoms with Crippen molar-refractivity contribution < 1.29 is 19.1 Å². The van der Waals surface area contributed by atoms with Gasteiger partial charge >= 0.3 is 0 Å². The van der Waals surface area contributed by atoms with Gasteiger partial charge in [0.1, 0.15) is 17.2 Å². The number of aromatic nitrogens is 2. The summed E-state index contributed by atoms with van der Waals surface area (Å²) in [6.45, 7) is 9.23. The Hall–Kier alpha value is -2.76. The van der Waals surface area contributed by atoms with Crippen LogP contribution in [0.4, 0.5) is 0 Å². The topological polar surface area (TPSA) is 78.4 Å². The van der Waals surface area contributed by atoms with Crippen molar-refractivity contribution in [2.24, 2.45) is 0 Å². The molecule has 6 nitrogen and oxygen atoms in total. The smallest absolute Gasteiger partial charge is 0.188 e. The molecule has 0 aliphatic carbocycles. The second-order valence-corrected chi connectivity index (χ2v) is 7.54. The molecule has 4 rings (SSSR count). The quantitative estimate of drug-likeness (QED) is 0.769. The van der Waals surface area contributed by atoms with Crippen LogP contribution in [-0.2, 0) is 0 Å². The Bertz CT molecular complexity index is 890. The Kier molecular flexibility index (Phi) is 6.07. The molecule has 0 N–H and O–H groups in total. The van der Waals surface area contributed by atoms with E-state index in [1.54, 1.807) is 6.20 Å². The first-order chi connectivity index (χ1) is 13.4. The monoisotopic (exact) mass is 382 g/mol. The predicted octanol–water partition coefficient (Wildman–Crippen LogP) is 4.34. The first-order valence-corrected chi connectivity index (χ1v) is 9.69.